The molecule has 0 spiro atoms. The van der Waals surface area contributed by atoms with E-state index in [4.69, 9.17) is 9.41 Å². The molecule has 2 N–H and O–H groups in total. The second kappa shape index (κ2) is 12.9. The lowest BCUT2D eigenvalue weighted by molar-refractivity contribution is 0.328. The number of benzene rings is 7. The zero-order valence-corrected chi connectivity index (χ0v) is 31.7. The molecule has 3 aromatic heterocycles. The minimum Gasteiger partial charge on any atom is -0.456 e. The Morgan fingerprint density at radius 2 is 1.39 bits per heavy atom. The predicted molar refractivity (Wildman–Crippen MR) is 239 cm³/mol. The fourth-order valence-electron chi connectivity index (χ4n) is 9.09. The third kappa shape index (κ3) is 5.29. The summed E-state index contributed by atoms with van der Waals surface area (Å²) < 4.78 is 11.5. The number of fused-ring (bicyclic) bond motifs is 9. The number of aromatic nitrogens is 1. The minimum atomic E-state index is -0.232. The summed E-state index contributed by atoms with van der Waals surface area (Å²) in [6, 6.07) is 54.7. The second-order valence-corrected chi connectivity index (χ2v) is 16.2. The van der Waals surface area contributed by atoms with Gasteiger partial charge in [0.25, 0.3) is 0 Å². The van der Waals surface area contributed by atoms with Gasteiger partial charge in [-0.2, -0.15) is 0 Å². The largest absolute Gasteiger partial charge is 0.456 e. The quantitative estimate of drug-likeness (QED) is 0.184. The van der Waals surface area contributed by atoms with Crippen molar-refractivity contribution in [3.8, 4) is 16.8 Å². The first kappa shape index (κ1) is 32.5. The first-order valence-electron chi connectivity index (χ1n) is 19.6. The molecule has 57 heavy (non-hydrogen) atoms. The van der Waals surface area contributed by atoms with Crippen LogP contribution in [0.1, 0.15) is 23.7 Å². The van der Waals surface area contributed by atoms with Gasteiger partial charge in [0.05, 0.1) is 17.2 Å². The van der Waals surface area contributed by atoms with Gasteiger partial charge < -0.3 is 14.3 Å². The van der Waals surface area contributed by atoms with E-state index in [2.05, 4.69) is 185 Å². The van der Waals surface area contributed by atoms with Crippen molar-refractivity contribution < 1.29 is 4.42 Å². The molecule has 3 atom stereocenters. The third-order valence-corrected chi connectivity index (χ3v) is 13.0. The molecule has 0 amide bonds. The molecule has 0 saturated carbocycles. The normalized spacial score (nSPS) is 18.3. The molecule has 1 aliphatic carbocycles. The number of hydrogen-bond donors (Lipinski definition) is 2. The van der Waals surface area contributed by atoms with Crippen molar-refractivity contribution in [3.63, 3.8) is 0 Å². The first-order chi connectivity index (χ1) is 28.2. The van der Waals surface area contributed by atoms with Gasteiger partial charge in [0.1, 0.15) is 23.2 Å². The van der Waals surface area contributed by atoms with Crippen LogP contribution in [0.3, 0.4) is 0 Å². The molecule has 10 aromatic rings. The van der Waals surface area contributed by atoms with Crippen molar-refractivity contribution in [1.82, 2.24) is 15.2 Å². The molecule has 1 aliphatic heterocycles. The van der Waals surface area contributed by atoms with E-state index in [0.29, 0.717) is 5.92 Å². The van der Waals surface area contributed by atoms with Crippen LogP contribution in [0, 0.1) is 5.92 Å². The number of furan rings is 1. The number of rotatable bonds is 5. The molecule has 0 saturated heterocycles. The van der Waals surface area contributed by atoms with Crippen LogP contribution >= 0.6 is 11.3 Å². The monoisotopic (exact) mass is 752 g/mol. The van der Waals surface area contributed by atoms with Gasteiger partial charge in [0.2, 0.25) is 0 Å². The average molecular weight is 753 g/mol. The first-order valence-corrected chi connectivity index (χ1v) is 20.4. The van der Waals surface area contributed by atoms with E-state index in [9.17, 15) is 0 Å². The summed E-state index contributed by atoms with van der Waals surface area (Å²) in [7, 11) is 0. The Morgan fingerprint density at radius 3 is 2.19 bits per heavy atom. The zero-order valence-electron chi connectivity index (χ0n) is 30.9. The van der Waals surface area contributed by atoms with Crippen LogP contribution in [-0.4, -0.2) is 16.6 Å². The molecule has 12 rings (SSSR count). The van der Waals surface area contributed by atoms with Gasteiger partial charge in [0.15, 0.2) is 0 Å². The third-order valence-electron chi connectivity index (χ3n) is 11.8. The van der Waals surface area contributed by atoms with Gasteiger partial charge in [-0.3, -0.25) is 5.32 Å². The maximum atomic E-state index is 6.55. The summed E-state index contributed by atoms with van der Waals surface area (Å²) in [5.41, 5.74) is 9.88. The van der Waals surface area contributed by atoms with Crippen LogP contribution in [0.25, 0.3) is 80.7 Å². The predicted octanol–water partition coefficient (Wildman–Crippen LogP) is 12.8. The Bertz CT molecular complexity index is 3260. The average Bonchev–Trinajstić information content (AvgIpc) is 3.95. The number of nitrogens with zero attached hydrogens (tertiary/aromatic N) is 2. The molecule has 2 aliphatic rings. The van der Waals surface area contributed by atoms with Crippen molar-refractivity contribution in [2.45, 2.75) is 18.8 Å². The zero-order chi connectivity index (χ0) is 37.5. The number of amidine groups is 1. The second-order valence-electron chi connectivity index (χ2n) is 15.1. The Labute approximate surface area is 332 Å². The highest BCUT2D eigenvalue weighted by atomic mass is 32.1. The van der Waals surface area contributed by atoms with Gasteiger partial charge >= 0.3 is 0 Å². The van der Waals surface area contributed by atoms with Crippen molar-refractivity contribution >= 4 is 81.1 Å². The fraction of sp³-hybridized carbons (Fsp3) is 0.0784. The lowest BCUT2D eigenvalue weighted by Gasteiger charge is -2.35. The summed E-state index contributed by atoms with van der Waals surface area (Å²) in [6.07, 6.45) is 9.56. The summed E-state index contributed by atoms with van der Waals surface area (Å²) in [6.45, 7) is 0. The Hall–Kier alpha value is -6.73. The molecular weight excluding hydrogens is 717 g/mol. The highest BCUT2D eigenvalue weighted by Gasteiger charge is 2.29. The number of thiophene rings is 1. The molecule has 0 bridgehead atoms. The van der Waals surface area contributed by atoms with Gasteiger partial charge in [-0.1, -0.05) is 115 Å². The lowest BCUT2D eigenvalue weighted by Crippen LogP contribution is -2.54. The van der Waals surface area contributed by atoms with E-state index in [-0.39, 0.29) is 12.3 Å². The molecule has 3 unspecified atom stereocenters. The van der Waals surface area contributed by atoms with Gasteiger partial charge in [-0.15, -0.1) is 11.3 Å². The molecule has 5 nitrogen and oxygen atoms in total. The van der Waals surface area contributed by atoms with Crippen LogP contribution in [0.15, 0.2) is 185 Å². The summed E-state index contributed by atoms with van der Waals surface area (Å²) >= 11 is 1.85. The van der Waals surface area contributed by atoms with Crippen molar-refractivity contribution in [1.29, 1.82) is 0 Å². The van der Waals surface area contributed by atoms with Crippen molar-refractivity contribution in [2.24, 2.45) is 10.9 Å². The van der Waals surface area contributed by atoms with E-state index in [0.717, 1.165) is 50.9 Å². The van der Waals surface area contributed by atoms with Crippen molar-refractivity contribution in [2.75, 3.05) is 0 Å². The fourth-order valence-corrected chi connectivity index (χ4v) is 10.2. The lowest BCUT2D eigenvalue weighted by atomic mass is 9.95. The van der Waals surface area contributed by atoms with Crippen LogP contribution < -0.4 is 10.6 Å². The molecule has 0 radical (unpaired) electrons. The highest BCUT2D eigenvalue weighted by molar-refractivity contribution is 7.25. The number of aliphatic imine (C=N–C) groups is 1. The van der Waals surface area contributed by atoms with Crippen LogP contribution in [0.5, 0.6) is 0 Å². The van der Waals surface area contributed by atoms with Crippen LogP contribution in [-0.2, 0) is 0 Å². The molecule has 272 valence electrons. The number of para-hydroxylation sites is 2. The van der Waals surface area contributed by atoms with Crippen LogP contribution in [0.2, 0.25) is 0 Å². The summed E-state index contributed by atoms with van der Waals surface area (Å²) in [5.74, 6) is 1.21. The van der Waals surface area contributed by atoms with Crippen LogP contribution in [0.4, 0.5) is 0 Å². The van der Waals surface area contributed by atoms with Gasteiger partial charge in [-0.05, 0) is 83.8 Å². The maximum Gasteiger partial charge on any atom is 0.136 e. The van der Waals surface area contributed by atoms with E-state index in [1.807, 2.05) is 17.4 Å². The van der Waals surface area contributed by atoms with E-state index in [1.54, 1.807) is 0 Å². The van der Waals surface area contributed by atoms with Gasteiger partial charge in [-0.25, -0.2) is 4.99 Å². The smallest absolute Gasteiger partial charge is 0.136 e. The summed E-state index contributed by atoms with van der Waals surface area (Å²) in [4.78, 5) is 5.26. The minimum absolute atomic E-state index is 0.0268. The topological polar surface area (TPSA) is 54.5 Å². The standard InChI is InChI=1S/C51H36N4OS/c1-3-12-31(13-4-1)49-52-50(32-14-5-2-6-15-32)54-51(53-49)34-22-25-44-41(29-34)48-36(18-11-21-45(48)56-44)33-23-26-46-39(28-33)40-30-35(24-27-47(40)57-46)55-42-19-9-7-16-37(42)38-17-8-10-20-43(38)55/h1-14,16-30,32,50-51,54H,15H2,(H,52,53). The molecule has 0 fully saturated rings. The molecule has 7 aromatic carbocycles. The highest BCUT2D eigenvalue weighted by Crippen LogP contribution is 2.42. The molecular formula is C51H36N4OS. The van der Waals surface area contributed by atoms with Gasteiger partial charge in [0, 0.05) is 58.9 Å². The number of nitrogens with one attached hydrogen (secondary N) is 2. The Kier molecular flexibility index (Phi) is 7.37. The number of hydrogen-bond acceptors (Lipinski definition) is 5. The van der Waals surface area contributed by atoms with E-state index >= 15 is 0 Å². The summed E-state index contributed by atoms with van der Waals surface area (Å²) in [5, 5.41) is 14.9. The number of allylic oxidation sites excluding steroid dienone is 3. The Morgan fingerprint density at radius 1 is 0.614 bits per heavy atom. The molecule has 6 heteroatoms. The van der Waals surface area contributed by atoms with Crippen molar-refractivity contribution in [3.05, 3.63) is 187 Å². The Balaban J connectivity index is 0.983. The maximum absolute atomic E-state index is 6.55. The van der Waals surface area contributed by atoms with E-state index < -0.39 is 0 Å². The van der Waals surface area contributed by atoms with E-state index in [1.165, 1.54) is 53.2 Å². The molecule has 4 heterocycles. The SMILES string of the molecule is C1=CCC(C2NC(c3ccccc3)=NC(c3ccc4oc5cccc(-c6ccc7sc8ccc(-n9c%10ccccc%10c%10ccccc%109)cc8c7c6)c5c4c3)N2)C=C1.